The van der Waals surface area contributed by atoms with Crippen molar-refractivity contribution in [2.45, 2.75) is 46.1 Å². The van der Waals surface area contributed by atoms with E-state index in [4.69, 9.17) is 10.5 Å². The number of hydrogen-bond acceptors (Lipinski definition) is 4. The van der Waals surface area contributed by atoms with Crippen molar-refractivity contribution in [1.29, 1.82) is 0 Å². The molecule has 136 valence electrons. The largest absolute Gasteiger partial charge is 0.475 e. The molecule has 25 heavy (non-hydrogen) atoms. The molecule has 0 unspecified atom stereocenters. The summed E-state index contributed by atoms with van der Waals surface area (Å²) in [4.78, 5) is 8.22. The third-order valence-corrected chi connectivity index (χ3v) is 3.76. The molecule has 2 N–H and O–H groups in total. The number of nitrogens with two attached hydrogens (primary N) is 1. The van der Waals surface area contributed by atoms with Crippen molar-refractivity contribution in [2.75, 3.05) is 6.61 Å². The van der Waals surface area contributed by atoms with E-state index in [0.29, 0.717) is 11.5 Å². The van der Waals surface area contributed by atoms with Gasteiger partial charge in [0.2, 0.25) is 5.88 Å². The number of rotatable bonds is 7. The van der Waals surface area contributed by atoms with Gasteiger partial charge in [-0.2, -0.15) is 0 Å². The zero-order valence-electron chi connectivity index (χ0n) is 15.1. The molecule has 1 atom stereocenters. The van der Waals surface area contributed by atoms with Gasteiger partial charge >= 0.3 is 0 Å². The van der Waals surface area contributed by atoms with E-state index in [0.717, 1.165) is 17.7 Å². The highest BCUT2D eigenvalue weighted by Crippen LogP contribution is 2.32. The predicted molar refractivity (Wildman–Crippen MR) is 94.7 cm³/mol. The van der Waals surface area contributed by atoms with Gasteiger partial charge in [-0.15, -0.1) is 0 Å². The molecule has 4 nitrogen and oxygen atoms in total. The van der Waals surface area contributed by atoms with Gasteiger partial charge in [-0.3, -0.25) is 4.98 Å². The molecule has 0 amide bonds. The van der Waals surface area contributed by atoms with Crippen LogP contribution in [0.2, 0.25) is 0 Å². The maximum absolute atomic E-state index is 13.5. The average Bonchev–Trinajstić information content (AvgIpc) is 2.51. The number of aryl methyl sites for hydroxylation is 1. The highest BCUT2D eigenvalue weighted by atomic mass is 19.3. The first-order valence-corrected chi connectivity index (χ1v) is 8.31. The van der Waals surface area contributed by atoms with Crippen LogP contribution in [0.15, 0.2) is 30.6 Å². The van der Waals surface area contributed by atoms with Crippen molar-refractivity contribution in [3.8, 4) is 17.0 Å². The quantitative estimate of drug-likeness (QED) is 0.798. The molecular weight excluding hydrogens is 324 g/mol. The van der Waals surface area contributed by atoms with Gasteiger partial charge in [-0.05, 0) is 49.9 Å². The number of aromatic nitrogens is 2. The van der Waals surface area contributed by atoms with Crippen LogP contribution in [-0.2, 0) is 0 Å². The molecule has 0 bridgehead atoms. The first-order chi connectivity index (χ1) is 11.7. The molecular formula is C19H25F2N3O. The number of nitrogens with zero attached hydrogens (tertiary/aromatic N) is 2. The summed E-state index contributed by atoms with van der Waals surface area (Å²) in [5.74, 6) is 0.323. The van der Waals surface area contributed by atoms with Gasteiger partial charge in [0, 0.05) is 29.2 Å². The summed E-state index contributed by atoms with van der Waals surface area (Å²) in [5, 5.41) is 0. The highest BCUT2D eigenvalue weighted by Gasteiger charge is 2.24. The number of halogens is 2. The van der Waals surface area contributed by atoms with E-state index < -0.39 is 12.0 Å². The van der Waals surface area contributed by atoms with Gasteiger partial charge in [-0.1, -0.05) is 13.8 Å². The lowest BCUT2D eigenvalue weighted by Gasteiger charge is -2.26. The zero-order valence-corrected chi connectivity index (χ0v) is 15.1. The molecule has 0 aromatic carbocycles. The van der Waals surface area contributed by atoms with Crippen LogP contribution in [0.4, 0.5) is 8.78 Å². The maximum atomic E-state index is 13.5. The minimum atomic E-state index is -2.68. The summed E-state index contributed by atoms with van der Waals surface area (Å²) >= 11 is 0. The average molecular weight is 349 g/mol. The Hall–Kier alpha value is -2.08. The van der Waals surface area contributed by atoms with Gasteiger partial charge in [0.05, 0.1) is 5.56 Å². The number of alkyl halides is 2. The van der Waals surface area contributed by atoms with Gasteiger partial charge in [0.15, 0.2) is 0 Å². The van der Waals surface area contributed by atoms with E-state index in [2.05, 4.69) is 23.8 Å². The fourth-order valence-corrected chi connectivity index (χ4v) is 2.85. The standard InChI is InChI=1S/C19H25F2N3O/c1-12(2)9-19(4,22)11-25-18-16(17(20)21)8-15(10-24-18)14-5-6-23-13(3)7-14/h5-8,10,12,17H,9,11,22H2,1-4H3/t19-/m1/s1. The highest BCUT2D eigenvalue weighted by molar-refractivity contribution is 5.64. The lowest BCUT2D eigenvalue weighted by atomic mass is 9.93. The fourth-order valence-electron chi connectivity index (χ4n) is 2.85. The molecule has 0 aliphatic rings. The number of hydrogen-bond donors (Lipinski definition) is 1. The topological polar surface area (TPSA) is 61.0 Å². The molecule has 0 spiro atoms. The van der Waals surface area contributed by atoms with Crippen LogP contribution in [0.5, 0.6) is 5.88 Å². The normalized spacial score (nSPS) is 14.0. The van der Waals surface area contributed by atoms with Crippen LogP contribution >= 0.6 is 0 Å². The third kappa shape index (κ3) is 5.46. The lowest BCUT2D eigenvalue weighted by molar-refractivity contribution is 0.137. The van der Waals surface area contributed by atoms with Crippen molar-refractivity contribution >= 4 is 0 Å². The molecule has 0 saturated heterocycles. The Morgan fingerprint density at radius 3 is 2.52 bits per heavy atom. The Balaban J connectivity index is 2.25. The van der Waals surface area contributed by atoms with Crippen LogP contribution in [0.3, 0.4) is 0 Å². The van der Waals surface area contributed by atoms with Crippen molar-refractivity contribution in [2.24, 2.45) is 11.7 Å². The van der Waals surface area contributed by atoms with Crippen molar-refractivity contribution < 1.29 is 13.5 Å². The van der Waals surface area contributed by atoms with E-state index in [9.17, 15) is 8.78 Å². The number of ether oxygens (including phenoxy) is 1. The van der Waals surface area contributed by atoms with E-state index in [-0.39, 0.29) is 18.1 Å². The van der Waals surface area contributed by atoms with Gasteiger partial charge in [0.1, 0.15) is 6.61 Å². The molecule has 6 heteroatoms. The SMILES string of the molecule is Cc1cc(-c2cnc(OC[C@](C)(N)CC(C)C)c(C(F)F)c2)ccn1. The minimum absolute atomic E-state index is 0.0649. The van der Waals surface area contributed by atoms with Crippen LogP contribution < -0.4 is 10.5 Å². The molecule has 2 rings (SSSR count). The predicted octanol–water partition coefficient (Wildman–Crippen LogP) is 4.53. The molecule has 0 saturated carbocycles. The van der Waals surface area contributed by atoms with Crippen LogP contribution in [0.25, 0.3) is 11.1 Å². The maximum Gasteiger partial charge on any atom is 0.269 e. The monoisotopic (exact) mass is 349 g/mol. The molecule has 2 aromatic rings. The minimum Gasteiger partial charge on any atom is -0.475 e. The lowest BCUT2D eigenvalue weighted by Crippen LogP contribution is -2.43. The molecule has 0 aliphatic heterocycles. The summed E-state index contributed by atoms with van der Waals surface area (Å²) in [7, 11) is 0. The Morgan fingerprint density at radius 2 is 1.92 bits per heavy atom. The number of pyridine rings is 2. The first-order valence-electron chi connectivity index (χ1n) is 8.31. The fraction of sp³-hybridized carbons (Fsp3) is 0.474. The van der Waals surface area contributed by atoms with Gasteiger partial charge in [-0.25, -0.2) is 13.8 Å². The summed E-state index contributed by atoms with van der Waals surface area (Å²) in [5.41, 5.74) is 7.55. The Kier molecular flexibility index (Phi) is 6.06. The smallest absolute Gasteiger partial charge is 0.269 e. The second-order valence-corrected chi connectivity index (χ2v) is 7.15. The molecule has 0 aliphatic carbocycles. The second kappa shape index (κ2) is 7.87. The zero-order chi connectivity index (χ0) is 18.6. The van der Waals surface area contributed by atoms with E-state index >= 15 is 0 Å². The Morgan fingerprint density at radius 1 is 1.20 bits per heavy atom. The van der Waals surface area contributed by atoms with Crippen LogP contribution in [-0.4, -0.2) is 22.1 Å². The van der Waals surface area contributed by atoms with Gasteiger partial charge in [0.25, 0.3) is 6.43 Å². The summed E-state index contributed by atoms with van der Waals surface area (Å²) < 4.78 is 32.5. The Bertz CT molecular complexity index is 718. The molecule has 0 fully saturated rings. The Labute approximate surface area is 147 Å². The summed E-state index contributed by atoms with van der Waals surface area (Å²) in [6.07, 6.45) is 1.22. The van der Waals surface area contributed by atoms with Gasteiger partial charge < -0.3 is 10.5 Å². The third-order valence-electron chi connectivity index (χ3n) is 3.76. The van der Waals surface area contributed by atoms with E-state index in [1.807, 2.05) is 19.9 Å². The van der Waals surface area contributed by atoms with E-state index in [1.165, 1.54) is 12.3 Å². The van der Waals surface area contributed by atoms with E-state index in [1.54, 1.807) is 12.3 Å². The molecule has 0 radical (unpaired) electrons. The molecule has 2 aromatic heterocycles. The van der Waals surface area contributed by atoms with Crippen molar-refractivity contribution in [3.05, 3.63) is 41.9 Å². The van der Waals surface area contributed by atoms with Crippen LogP contribution in [0, 0.1) is 12.8 Å². The first kappa shape index (κ1) is 19.2. The van der Waals surface area contributed by atoms with Crippen molar-refractivity contribution in [3.63, 3.8) is 0 Å². The summed E-state index contributed by atoms with van der Waals surface area (Å²) in [6, 6.07) is 5.00. The summed E-state index contributed by atoms with van der Waals surface area (Å²) in [6.45, 7) is 7.94. The van der Waals surface area contributed by atoms with Crippen LogP contribution in [0.1, 0.15) is 44.9 Å². The second-order valence-electron chi connectivity index (χ2n) is 7.15. The molecule has 2 heterocycles. The van der Waals surface area contributed by atoms with Crippen molar-refractivity contribution in [1.82, 2.24) is 9.97 Å².